The molecule has 1 rings (SSSR count). The average Bonchev–Trinajstić information content (AvgIpc) is 2.27. The number of hydrogen-bond donors (Lipinski definition) is 1. The van der Waals surface area contributed by atoms with E-state index in [0.717, 1.165) is 25.9 Å². The summed E-state index contributed by atoms with van der Waals surface area (Å²) < 4.78 is 12.0. The highest BCUT2D eigenvalue weighted by atomic mass is 16.7. The summed E-state index contributed by atoms with van der Waals surface area (Å²) in [4.78, 5) is 0. The summed E-state index contributed by atoms with van der Waals surface area (Å²) in [5.74, 6) is 0.931. The van der Waals surface area contributed by atoms with Gasteiger partial charge in [0, 0.05) is 12.3 Å². The Hall–Kier alpha value is -0.120. The summed E-state index contributed by atoms with van der Waals surface area (Å²) in [5.41, 5.74) is 0.354. The molecule has 0 radical (unpaired) electrons. The molecule has 3 nitrogen and oxygen atoms in total. The van der Waals surface area contributed by atoms with Gasteiger partial charge in [0.05, 0.1) is 18.8 Å². The van der Waals surface area contributed by atoms with Crippen molar-refractivity contribution in [3.05, 3.63) is 0 Å². The molecule has 0 spiro atoms. The van der Waals surface area contributed by atoms with Gasteiger partial charge in [0.15, 0.2) is 6.29 Å². The molecule has 120 valence electrons. The highest BCUT2D eigenvalue weighted by Gasteiger charge is 2.32. The topological polar surface area (TPSA) is 38.7 Å². The van der Waals surface area contributed by atoms with E-state index in [9.17, 15) is 5.11 Å². The normalized spacial score (nSPS) is 31.1. The summed E-state index contributed by atoms with van der Waals surface area (Å²) in [6.45, 7) is 13.8. The second kappa shape index (κ2) is 7.77. The summed E-state index contributed by atoms with van der Waals surface area (Å²) in [6.07, 6.45) is 3.79. The predicted octanol–water partition coefficient (Wildman–Crippen LogP) is 3.99. The van der Waals surface area contributed by atoms with Crippen LogP contribution in [0.3, 0.4) is 0 Å². The highest BCUT2D eigenvalue weighted by Crippen LogP contribution is 2.31. The van der Waals surface area contributed by atoms with Gasteiger partial charge >= 0.3 is 0 Å². The molecule has 1 heterocycles. The Morgan fingerprint density at radius 3 is 2.35 bits per heavy atom. The summed E-state index contributed by atoms with van der Waals surface area (Å²) in [6, 6.07) is 0. The summed E-state index contributed by atoms with van der Waals surface area (Å²) in [5, 5.41) is 9.55. The van der Waals surface area contributed by atoms with Crippen LogP contribution in [-0.2, 0) is 9.47 Å². The first kappa shape index (κ1) is 17.9. The van der Waals surface area contributed by atoms with E-state index in [2.05, 4.69) is 34.6 Å². The van der Waals surface area contributed by atoms with Crippen LogP contribution in [0.25, 0.3) is 0 Å². The van der Waals surface area contributed by atoms with Crippen LogP contribution in [0, 0.1) is 17.3 Å². The zero-order valence-corrected chi connectivity index (χ0v) is 14.2. The summed E-state index contributed by atoms with van der Waals surface area (Å²) in [7, 11) is 0. The van der Waals surface area contributed by atoms with E-state index in [1.54, 1.807) is 0 Å². The van der Waals surface area contributed by atoms with Crippen LogP contribution >= 0.6 is 0 Å². The Balaban J connectivity index is 2.44. The summed E-state index contributed by atoms with van der Waals surface area (Å²) >= 11 is 0. The van der Waals surface area contributed by atoms with Gasteiger partial charge < -0.3 is 14.6 Å². The van der Waals surface area contributed by atoms with E-state index in [0.29, 0.717) is 17.3 Å². The van der Waals surface area contributed by atoms with E-state index in [-0.39, 0.29) is 18.5 Å². The van der Waals surface area contributed by atoms with Gasteiger partial charge in [-0.05, 0) is 37.5 Å². The molecular weight excluding hydrogens is 252 g/mol. The van der Waals surface area contributed by atoms with E-state index in [1.807, 2.05) is 6.92 Å². The largest absolute Gasteiger partial charge is 0.393 e. The van der Waals surface area contributed by atoms with Crippen molar-refractivity contribution in [2.24, 2.45) is 17.3 Å². The maximum Gasteiger partial charge on any atom is 0.158 e. The molecule has 5 unspecified atom stereocenters. The third kappa shape index (κ3) is 6.55. The van der Waals surface area contributed by atoms with E-state index < -0.39 is 0 Å². The molecule has 0 aromatic rings. The maximum absolute atomic E-state index is 9.55. The molecule has 1 aliphatic heterocycles. The van der Waals surface area contributed by atoms with Crippen LogP contribution in [0.2, 0.25) is 0 Å². The lowest BCUT2D eigenvalue weighted by molar-refractivity contribution is -0.246. The fourth-order valence-electron chi connectivity index (χ4n) is 3.35. The van der Waals surface area contributed by atoms with Crippen LogP contribution in [-0.4, -0.2) is 30.2 Å². The quantitative estimate of drug-likeness (QED) is 0.802. The van der Waals surface area contributed by atoms with Gasteiger partial charge in [-0.2, -0.15) is 0 Å². The molecule has 3 heteroatoms. The van der Waals surface area contributed by atoms with Gasteiger partial charge in [0.25, 0.3) is 0 Å². The number of aliphatic hydroxyl groups is 1. The molecule has 0 amide bonds. The first-order chi connectivity index (χ1) is 9.21. The lowest BCUT2D eigenvalue weighted by Gasteiger charge is -2.38. The number of aliphatic hydroxyl groups excluding tert-OH is 1. The Bertz CT molecular complexity index is 270. The van der Waals surface area contributed by atoms with Gasteiger partial charge in [-0.1, -0.05) is 34.6 Å². The Morgan fingerprint density at radius 2 is 1.85 bits per heavy atom. The van der Waals surface area contributed by atoms with Crippen molar-refractivity contribution in [1.29, 1.82) is 0 Å². The average molecular weight is 286 g/mol. The van der Waals surface area contributed by atoms with Gasteiger partial charge in [0.1, 0.15) is 0 Å². The van der Waals surface area contributed by atoms with Crippen molar-refractivity contribution in [3.8, 4) is 0 Å². The molecule has 1 aliphatic rings. The predicted molar refractivity (Wildman–Crippen MR) is 82.5 cm³/mol. The van der Waals surface area contributed by atoms with Crippen LogP contribution in [0.4, 0.5) is 0 Å². The van der Waals surface area contributed by atoms with Crippen molar-refractivity contribution in [3.63, 3.8) is 0 Å². The third-order valence-corrected chi connectivity index (χ3v) is 3.95. The first-order valence-electron chi connectivity index (χ1n) is 8.16. The van der Waals surface area contributed by atoms with Crippen molar-refractivity contribution in [2.75, 3.05) is 6.61 Å². The van der Waals surface area contributed by atoms with Gasteiger partial charge in [-0.15, -0.1) is 0 Å². The first-order valence-corrected chi connectivity index (χ1v) is 8.16. The van der Waals surface area contributed by atoms with Crippen molar-refractivity contribution < 1.29 is 14.6 Å². The number of rotatable bonds is 6. The van der Waals surface area contributed by atoms with Gasteiger partial charge in [-0.3, -0.25) is 0 Å². The van der Waals surface area contributed by atoms with Crippen molar-refractivity contribution in [2.45, 2.75) is 85.7 Å². The molecule has 5 atom stereocenters. The molecule has 0 aliphatic carbocycles. The second-order valence-corrected chi connectivity index (χ2v) is 7.80. The van der Waals surface area contributed by atoms with E-state index in [1.165, 1.54) is 6.42 Å². The van der Waals surface area contributed by atoms with Crippen LogP contribution in [0.1, 0.15) is 67.2 Å². The molecule has 20 heavy (non-hydrogen) atoms. The third-order valence-electron chi connectivity index (χ3n) is 3.95. The molecule has 1 saturated heterocycles. The maximum atomic E-state index is 9.55. The van der Waals surface area contributed by atoms with E-state index >= 15 is 0 Å². The fourth-order valence-corrected chi connectivity index (χ4v) is 3.35. The smallest absolute Gasteiger partial charge is 0.158 e. The van der Waals surface area contributed by atoms with Gasteiger partial charge in [0.2, 0.25) is 0 Å². The minimum atomic E-state index is -0.280. The second-order valence-electron chi connectivity index (χ2n) is 7.80. The Labute approximate surface area is 125 Å². The lowest BCUT2D eigenvalue weighted by Crippen LogP contribution is -2.41. The minimum absolute atomic E-state index is 0.0671. The Kier molecular flexibility index (Phi) is 6.96. The molecule has 0 aromatic carbocycles. The SMILES string of the molecule is CCC1OC(CC(C)CC(C)(C)C)OCC1CC(C)O. The fraction of sp³-hybridized carbons (Fsp3) is 1.00. The lowest BCUT2D eigenvalue weighted by atomic mass is 9.84. The standard InChI is InChI=1S/C17H34O3/c1-7-15-14(9-13(3)18)11-19-16(20-15)8-12(2)10-17(4,5)6/h12-16,18H,7-11H2,1-6H3. The van der Waals surface area contributed by atoms with Crippen LogP contribution in [0.15, 0.2) is 0 Å². The molecule has 1 N–H and O–H groups in total. The minimum Gasteiger partial charge on any atom is -0.393 e. The zero-order chi connectivity index (χ0) is 15.3. The molecule has 1 fully saturated rings. The van der Waals surface area contributed by atoms with E-state index in [4.69, 9.17) is 9.47 Å². The monoisotopic (exact) mass is 286 g/mol. The van der Waals surface area contributed by atoms with Gasteiger partial charge in [-0.25, -0.2) is 0 Å². The van der Waals surface area contributed by atoms with Crippen LogP contribution < -0.4 is 0 Å². The molecule has 0 bridgehead atoms. The Morgan fingerprint density at radius 1 is 1.20 bits per heavy atom. The molecule has 0 aromatic heterocycles. The van der Waals surface area contributed by atoms with Crippen molar-refractivity contribution in [1.82, 2.24) is 0 Å². The molecular formula is C17H34O3. The zero-order valence-electron chi connectivity index (χ0n) is 14.2. The highest BCUT2D eigenvalue weighted by molar-refractivity contribution is 4.77. The number of ether oxygens (including phenoxy) is 2. The molecule has 0 saturated carbocycles. The van der Waals surface area contributed by atoms with Crippen molar-refractivity contribution >= 4 is 0 Å². The van der Waals surface area contributed by atoms with Crippen LogP contribution in [0.5, 0.6) is 0 Å². The number of hydrogen-bond acceptors (Lipinski definition) is 3.